The summed E-state index contributed by atoms with van der Waals surface area (Å²) in [6.45, 7) is 0. The number of pyridine rings is 1. The van der Waals surface area contributed by atoms with Crippen molar-refractivity contribution in [3.63, 3.8) is 0 Å². The van der Waals surface area contributed by atoms with Crippen molar-refractivity contribution >= 4 is 29.1 Å². The average Bonchev–Trinajstić information content (AvgIpc) is 3.05. The smallest absolute Gasteiger partial charge is 0.247 e. The molecule has 0 N–H and O–H groups in total. The van der Waals surface area contributed by atoms with Crippen molar-refractivity contribution in [1.82, 2.24) is 24.6 Å². The average molecular weight is 408 g/mol. The van der Waals surface area contributed by atoms with E-state index in [1.807, 2.05) is 30.3 Å². The molecule has 0 aliphatic carbocycles. The van der Waals surface area contributed by atoms with E-state index in [2.05, 4.69) is 20.1 Å². The number of rotatable bonds is 3. The first-order valence-electron chi connectivity index (χ1n) is 7.59. The lowest BCUT2D eigenvalue weighted by Gasteiger charge is -2.07. The summed E-state index contributed by atoms with van der Waals surface area (Å²) in [6, 6.07) is 12.2. The molecule has 1 aromatic carbocycles. The second-order valence-electron chi connectivity index (χ2n) is 5.41. The summed E-state index contributed by atoms with van der Waals surface area (Å²) in [5, 5.41) is 4.72. The van der Waals surface area contributed by atoms with Gasteiger partial charge < -0.3 is 0 Å². The molecule has 5 nitrogen and oxygen atoms in total. The van der Waals surface area contributed by atoms with Gasteiger partial charge in [-0.15, -0.1) is 5.10 Å². The summed E-state index contributed by atoms with van der Waals surface area (Å²) in [6.07, 6.45) is -2.16. The highest BCUT2D eigenvalue weighted by molar-refractivity contribution is 7.99. The van der Waals surface area contributed by atoms with Gasteiger partial charge in [-0.05, 0) is 23.9 Å². The Morgan fingerprint density at radius 3 is 2.52 bits per heavy atom. The zero-order valence-corrected chi connectivity index (χ0v) is 14.9. The molecule has 0 amide bonds. The topological polar surface area (TPSA) is 56.0 Å². The first-order valence-corrected chi connectivity index (χ1v) is 8.79. The minimum atomic E-state index is -4.50. The minimum Gasteiger partial charge on any atom is -0.247 e. The monoisotopic (exact) mass is 407 g/mol. The van der Waals surface area contributed by atoms with Crippen LogP contribution in [0, 0.1) is 0 Å². The Hall–Kier alpha value is -2.65. The van der Waals surface area contributed by atoms with Crippen LogP contribution in [0.15, 0.2) is 65.0 Å². The predicted octanol–water partition coefficient (Wildman–Crippen LogP) is 5.01. The molecule has 3 heterocycles. The normalized spacial score (nSPS) is 11.9. The van der Waals surface area contributed by atoms with Crippen molar-refractivity contribution in [2.75, 3.05) is 0 Å². The number of benzene rings is 1. The van der Waals surface area contributed by atoms with E-state index in [4.69, 9.17) is 11.6 Å². The molecule has 0 spiro atoms. The van der Waals surface area contributed by atoms with Crippen LogP contribution in [0.4, 0.5) is 13.2 Å². The van der Waals surface area contributed by atoms with E-state index in [0.29, 0.717) is 5.78 Å². The summed E-state index contributed by atoms with van der Waals surface area (Å²) in [4.78, 5) is 12.3. The van der Waals surface area contributed by atoms with Gasteiger partial charge in [0.1, 0.15) is 5.03 Å². The molecular formula is C17H9ClF3N5S. The lowest BCUT2D eigenvalue weighted by molar-refractivity contribution is -0.137. The van der Waals surface area contributed by atoms with Crippen LogP contribution in [0.2, 0.25) is 5.02 Å². The maximum absolute atomic E-state index is 12.7. The number of hydrogen-bond acceptors (Lipinski definition) is 5. The molecule has 4 aromatic rings. The Labute approximate surface area is 160 Å². The predicted molar refractivity (Wildman–Crippen MR) is 94.6 cm³/mol. The lowest BCUT2D eigenvalue weighted by atomic mass is 10.1. The summed E-state index contributed by atoms with van der Waals surface area (Å²) < 4.78 is 39.8. The Morgan fingerprint density at radius 1 is 1.04 bits per heavy atom. The molecule has 0 saturated carbocycles. The third-order valence-corrected chi connectivity index (χ3v) is 4.89. The maximum atomic E-state index is 12.7. The highest BCUT2D eigenvalue weighted by Crippen LogP contribution is 2.35. The van der Waals surface area contributed by atoms with Crippen LogP contribution >= 0.6 is 23.4 Å². The van der Waals surface area contributed by atoms with Crippen LogP contribution in [-0.2, 0) is 6.18 Å². The molecule has 0 saturated heterocycles. The van der Waals surface area contributed by atoms with E-state index in [0.717, 1.165) is 35.3 Å². The SMILES string of the molecule is FC(F)(F)c1cnc(Sc2nc3nccc(-c4ccccc4)n3n2)c(Cl)c1. The fourth-order valence-electron chi connectivity index (χ4n) is 2.39. The molecule has 0 aliphatic rings. The van der Waals surface area contributed by atoms with Crippen LogP contribution in [0.25, 0.3) is 17.0 Å². The lowest BCUT2D eigenvalue weighted by Crippen LogP contribution is -2.05. The van der Waals surface area contributed by atoms with Crippen LogP contribution in [0.1, 0.15) is 5.56 Å². The fourth-order valence-corrected chi connectivity index (χ4v) is 3.36. The Bertz CT molecular complexity index is 1110. The largest absolute Gasteiger partial charge is 0.417 e. The van der Waals surface area contributed by atoms with Crippen molar-refractivity contribution in [1.29, 1.82) is 0 Å². The molecule has 4 rings (SSSR count). The molecule has 0 fully saturated rings. The number of fused-ring (bicyclic) bond motifs is 1. The number of nitrogens with zero attached hydrogens (tertiary/aromatic N) is 5. The van der Waals surface area contributed by atoms with Gasteiger partial charge in [-0.1, -0.05) is 41.9 Å². The van der Waals surface area contributed by atoms with Crippen molar-refractivity contribution < 1.29 is 13.2 Å². The molecule has 136 valence electrons. The molecule has 0 radical (unpaired) electrons. The summed E-state index contributed by atoms with van der Waals surface area (Å²) in [7, 11) is 0. The van der Waals surface area contributed by atoms with Crippen LogP contribution in [0.3, 0.4) is 0 Å². The first kappa shape index (κ1) is 17.7. The second kappa shape index (κ2) is 6.82. The van der Waals surface area contributed by atoms with E-state index >= 15 is 0 Å². The van der Waals surface area contributed by atoms with Gasteiger partial charge in [0.05, 0.1) is 16.3 Å². The number of aromatic nitrogens is 5. The van der Waals surface area contributed by atoms with Crippen molar-refractivity contribution in [3.05, 3.63) is 65.4 Å². The Morgan fingerprint density at radius 2 is 1.81 bits per heavy atom. The molecule has 0 unspecified atom stereocenters. The molecular weight excluding hydrogens is 399 g/mol. The summed E-state index contributed by atoms with van der Waals surface area (Å²) >= 11 is 6.92. The van der Waals surface area contributed by atoms with Gasteiger partial charge >= 0.3 is 6.18 Å². The third kappa shape index (κ3) is 3.60. The third-order valence-electron chi connectivity index (χ3n) is 3.61. The standard InChI is InChI=1S/C17H9ClF3N5S/c18-12-8-11(17(19,20)21)9-23-14(12)27-16-24-15-22-7-6-13(26(15)25-16)10-4-2-1-3-5-10/h1-9H. The molecule has 10 heteroatoms. The second-order valence-corrected chi connectivity index (χ2v) is 6.78. The molecule has 0 atom stereocenters. The zero-order chi connectivity index (χ0) is 19.0. The molecule has 0 bridgehead atoms. The Balaban J connectivity index is 1.70. The maximum Gasteiger partial charge on any atom is 0.417 e. The zero-order valence-electron chi connectivity index (χ0n) is 13.4. The van der Waals surface area contributed by atoms with E-state index in [1.165, 1.54) is 0 Å². The van der Waals surface area contributed by atoms with Crippen molar-refractivity contribution in [2.24, 2.45) is 0 Å². The number of alkyl halides is 3. The highest BCUT2D eigenvalue weighted by atomic mass is 35.5. The highest BCUT2D eigenvalue weighted by Gasteiger charge is 2.31. The van der Waals surface area contributed by atoms with Gasteiger partial charge in [0.25, 0.3) is 5.78 Å². The van der Waals surface area contributed by atoms with Gasteiger partial charge in [0.2, 0.25) is 5.16 Å². The molecule has 27 heavy (non-hydrogen) atoms. The fraction of sp³-hybridized carbons (Fsp3) is 0.0588. The quantitative estimate of drug-likeness (QED) is 0.478. The number of hydrogen-bond donors (Lipinski definition) is 0. The summed E-state index contributed by atoms with van der Waals surface area (Å²) in [5.74, 6) is 0.363. The van der Waals surface area contributed by atoms with Crippen LogP contribution in [0.5, 0.6) is 0 Å². The van der Waals surface area contributed by atoms with Gasteiger partial charge in [0, 0.05) is 18.0 Å². The van der Waals surface area contributed by atoms with E-state index in [1.54, 1.807) is 16.8 Å². The minimum absolute atomic E-state index is 0.120. The van der Waals surface area contributed by atoms with Crippen LogP contribution < -0.4 is 0 Å². The van der Waals surface area contributed by atoms with E-state index < -0.39 is 11.7 Å². The van der Waals surface area contributed by atoms with E-state index in [9.17, 15) is 13.2 Å². The van der Waals surface area contributed by atoms with Gasteiger partial charge in [-0.3, -0.25) is 0 Å². The molecule has 3 aromatic heterocycles. The van der Waals surface area contributed by atoms with Crippen molar-refractivity contribution in [3.8, 4) is 11.3 Å². The molecule has 0 aliphatic heterocycles. The summed E-state index contributed by atoms with van der Waals surface area (Å²) in [5.41, 5.74) is 0.802. The van der Waals surface area contributed by atoms with Gasteiger partial charge in [-0.25, -0.2) is 9.97 Å². The van der Waals surface area contributed by atoms with E-state index in [-0.39, 0.29) is 15.2 Å². The first-order chi connectivity index (χ1) is 12.9. The van der Waals surface area contributed by atoms with Crippen molar-refractivity contribution in [2.45, 2.75) is 16.4 Å². The van der Waals surface area contributed by atoms with Gasteiger partial charge in [0.15, 0.2) is 0 Å². The number of halogens is 4. The van der Waals surface area contributed by atoms with Crippen LogP contribution in [-0.4, -0.2) is 24.6 Å². The Kier molecular flexibility index (Phi) is 4.48. The van der Waals surface area contributed by atoms with Gasteiger partial charge in [-0.2, -0.15) is 22.7 Å².